The van der Waals surface area contributed by atoms with E-state index in [-0.39, 0.29) is 12.6 Å². The zero-order valence-electron chi connectivity index (χ0n) is 15.8. The molecule has 3 N–H and O–H groups in total. The monoisotopic (exact) mass is 379 g/mol. The second-order valence-corrected chi connectivity index (χ2v) is 6.05. The number of methoxy groups -OCH3 is 1. The zero-order chi connectivity index (χ0) is 19.4. The topological polar surface area (TPSA) is 61.7 Å². The van der Waals surface area contributed by atoms with Gasteiger partial charge in [-0.25, -0.2) is 0 Å². The van der Waals surface area contributed by atoms with Gasteiger partial charge in [-0.2, -0.15) is 0 Å². The van der Waals surface area contributed by atoms with E-state index in [4.69, 9.17) is 16.3 Å². The summed E-state index contributed by atoms with van der Waals surface area (Å²) < 4.78 is 5.15. The second kappa shape index (κ2) is 12.7. The van der Waals surface area contributed by atoms with Crippen molar-refractivity contribution in [2.24, 2.45) is 0 Å². The van der Waals surface area contributed by atoms with Gasteiger partial charge in [-0.05, 0) is 42.6 Å². The number of hydrogen-bond donors (Lipinski definition) is 3. The van der Waals surface area contributed by atoms with Crippen LogP contribution in [0.1, 0.15) is 37.5 Å². The van der Waals surface area contributed by atoms with Crippen LogP contribution in [0.5, 0.6) is 5.75 Å². The fourth-order valence-corrected chi connectivity index (χ4v) is 2.94. The minimum atomic E-state index is -0.655. The molecule has 26 heavy (non-hydrogen) atoms. The summed E-state index contributed by atoms with van der Waals surface area (Å²) in [6, 6.07) is 15.0. The van der Waals surface area contributed by atoms with Gasteiger partial charge in [0, 0.05) is 12.6 Å². The average Bonchev–Trinajstić information content (AvgIpc) is 2.69. The van der Waals surface area contributed by atoms with E-state index >= 15 is 0 Å². The van der Waals surface area contributed by atoms with Crippen molar-refractivity contribution in [2.45, 2.75) is 38.8 Å². The molecule has 0 aromatic heterocycles. The largest absolute Gasteiger partial charge is 0.495 e. The Morgan fingerprint density at radius 1 is 1.12 bits per heavy atom. The SMILES string of the molecule is CC.COc1ccc(CCN[C@@H](CCO)[C@@H](O)c2ccccc2)cc1Cl. The molecule has 0 radical (unpaired) electrons. The summed E-state index contributed by atoms with van der Waals surface area (Å²) >= 11 is 6.13. The van der Waals surface area contributed by atoms with Crippen LogP contribution in [0.15, 0.2) is 48.5 Å². The lowest BCUT2D eigenvalue weighted by molar-refractivity contribution is 0.111. The van der Waals surface area contributed by atoms with Crippen molar-refractivity contribution in [3.8, 4) is 5.75 Å². The molecule has 0 unspecified atom stereocenters. The van der Waals surface area contributed by atoms with E-state index in [0.29, 0.717) is 23.7 Å². The fraction of sp³-hybridized carbons (Fsp3) is 0.429. The Hall–Kier alpha value is -1.59. The van der Waals surface area contributed by atoms with Crippen molar-refractivity contribution in [3.63, 3.8) is 0 Å². The van der Waals surface area contributed by atoms with Crippen LogP contribution in [0.2, 0.25) is 5.02 Å². The number of aliphatic hydroxyl groups excluding tert-OH is 2. The van der Waals surface area contributed by atoms with Crippen molar-refractivity contribution >= 4 is 11.6 Å². The Bertz CT molecular complexity index is 622. The highest BCUT2D eigenvalue weighted by atomic mass is 35.5. The Morgan fingerprint density at radius 2 is 1.81 bits per heavy atom. The minimum absolute atomic E-state index is 0.0237. The summed E-state index contributed by atoms with van der Waals surface area (Å²) in [4.78, 5) is 0. The molecule has 0 saturated heterocycles. The Labute approximate surface area is 161 Å². The first-order valence-electron chi connectivity index (χ1n) is 9.05. The van der Waals surface area contributed by atoms with Gasteiger partial charge >= 0.3 is 0 Å². The highest BCUT2D eigenvalue weighted by Crippen LogP contribution is 2.25. The molecule has 4 nitrogen and oxygen atoms in total. The first-order chi connectivity index (χ1) is 12.7. The smallest absolute Gasteiger partial charge is 0.137 e. The summed E-state index contributed by atoms with van der Waals surface area (Å²) in [5.41, 5.74) is 1.93. The van der Waals surface area contributed by atoms with Crippen LogP contribution in [0.4, 0.5) is 0 Å². The summed E-state index contributed by atoms with van der Waals surface area (Å²) in [5.74, 6) is 0.658. The molecule has 0 aliphatic carbocycles. The van der Waals surface area contributed by atoms with E-state index in [0.717, 1.165) is 17.5 Å². The van der Waals surface area contributed by atoms with Crippen molar-refractivity contribution in [3.05, 3.63) is 64.7 Å². The molecular weight excluding hydrogens is 350 g/mol. The van der Waals surface area contributed by atoms with Gasteiger partial charge in [-0.1, -0.05) is 61.8 Å². The maximum Gasteiger partial charge on any atom is 0.137 e. The van der Waals surface area contributed by atoms with Crippen LogP contribution in [0, 0.1) is 0 Å². The van der Waals surface area contributed by atoms with Crippen LogP contribution in [0.3, 0.4) is 0 Å². The maximum absolute atomic E-state index is 10.5. The molecule has 5 heteroatoms. The molecule has 0 aliphatic heterocycles. The van der Waals surface area contributed by atoms with E-state index in [1.165, 1.54) is 0 Å². The Kier molecular flexibility index (Phi) is 11.0. The molecule has 2 aromatic rings. The van der Waals surface area contributed by atoms with Gasteiger partial charge in [-0.15, -0.1) is 0 Å². The van der Waals surface area contributed by atoms with Crippen LogP contribution in [0.25, 0.3) is 0 Å². The van der Waals surface area contributed by atoms with Gasteiger partial charge in [0.1, 0.15) is 5.75 Å². The summed E-state index contributed by atoms with van der Waals surface area (Å²) in [6.45, 7) is 4.70. The van der Waals surface area contributed by atoms with Gasteiger partial charge in [0.05, 0.1) is 18.2 Å². The van der Waals surface area contributed by atoms with Crippen LogP contribution >= 0.6 is 11.6 Å². The number of nitrogens with one attached hydrogen (secondary N) is 1. The first-order valence-corrected chi connectivity index (χ1v) is 9.43. The standard InChI is InChI=1S/C19H24ClNO3.C2H6/c1-24-18-8-7-14(13-16(18)20)9-11-21-17(10-12-22)19(23)15-5-3-2-4-6-15;1-2/h2-8,13,17,19,21-23H,9-12H2,1H3;1-2H3/t17-,19-;/m0./s1. The molecule has 0 heterocycles. The zero-order valence-corrected chi connectivity index (χ0v) is 16.5. The van der Waals surface area contributed by atoms with Crippen molar-refractivity contribution in [1.82, 2.24) is 5.32 Å². The van der Waals surface area contributed by atoms with E-state index in [9.17, 15) is 10.2 Å². The third kappa shape index (κ3) is 6.96. The summed E-state index contributed by atoms with van der Waals surface area (Å²) in [6.07, 6.45) is 0.602. The molecule has 0 bridgehead atoms. The van der Waals surface area contributed by atoms with Crippen LogP contribution in [-0.4, -0.2) is 36.5 Å². The molecule has 2 atom stereocenters. The van der Waals surface area contributed by atoms with Crippen molar-refractivity contribution < 1.29 is 14.9 Å². The molecule has 2 aromatic carbocycles. The quantitative estimate of drug-likeness (QED) is 0.616. The highest BCUT2D eigenvalue weighted by molar-refractivity contribution is 6.32. The number of halogens is 1. The molecule has 0 aliphatic rings. The van der Waals surface area contributed by atoms with E-state index in [1.54, 1.807) is 7.11 Å². The number of rotatable bonds is 9. The van der Waals surface area contributed by atoms with Crippen LogP contribution in [-0.2, 0) is 6.42 Å². The summed E-state index contributed by atoms with van der Waals surface area (Å²) in [5, 5.41) is 23.7. The molecule has 0 saturated carbocycles. The number of hydrogen-bond acceptors (Lipinski definition) is 4. The maximum atomic E-state index is 10.5. The molecule has 0 amide bonds. The number of ether oxygens (including phenoxy) is 1. The normalized spacial score (nSPS) is 12.7. The molecule has 144 valence electrons. The molecule has 0 fully saturated rings. The molecular formula is C21H30ClNO3. The van der Waals surface area contributed by atoms with Crippen molar-refractivity contribution in [1.29, 1.82) is 0 Å². The Balaban J connectivity index is 0.00000163. The van der Waals surface area contributed by atoms with E-state index in [1.807, 2.05) is 62.4 Å². The van der Waals surface area contributed by atoms with Crippen LogP contribution < -0.4 is 10.1 Å². The van der Waals surface area contributed by atoms with Gasteiger partial charge in [0.2, 0.25) is 0 Å². The number of benzene rings is 2. The number of aliphatic hydroxyl groups is 2. The molecule has 0 spiro atoms. The van der Waals surface area contributed by atoms with E-state index < -0.39 is 6.10 Å². The minimum Gasteiger partial charge on any atom is -0.495 e. The lowest BCUT2D eigenvalue weighted by Crippen LogP contribution is -2.37. The average molecular weight is 380 g/mol. The predicted molar refractivity (Wildman–Crippen MR) is 108 cm³/mol. The first kappa shape index (κ1) is 22.5. The summed E-state index contributed by atoms with van der Waals surface area (Å²) in [7, 11) is 1.59. The third-order valence-electron chi connectivity index (χ3n) is 4.00. The third-order valence-corrected chi connectivity index (χ3v) is 4.29. The lowest BCUT2D eigenvalue weighted by Gasteiger charge is -2.24. The Morgan fingerprint density at radius 3 is 2.38 bits per heavy atom. The second-order valence-electron chi connectivity index (χ2n) is 5.65. The van der Waals surface area contributed by atoms with Gasteiger partial charge in [-0.3, -0.25) is 0 Å². The lowest BCUT2D eigenvalue weighted by atomic mass is 9.99. The van der Waals surface area contributed by atoms with Gasteiger partial charge < -0.3 is 20.3 Å². The van der Waals surface area contributed by atoms with Crippen molar-refractivity contribution in [2.75, 3.05) is 20.3 Å². The predicted octanol–water partition coefficient (Wildman–Crippen LogP) is 3.99. The highest BCUT2D eigenvalue weighted by Gasteiger charge is 2.19. The molecule has 2 rings (SSSR count). The van der Waals surface area contributed by atoms with Gasteiger partial charge in [0.15, 0.2) is 0 Å². The van der Waals surface area contributed by atoms with Gasteiger partial charge in [0.25, 0.3) is 0 Å². The van der Waals surface area contributed by atoms with E-state index in [2.05, 4.69) is 5.32 Å². The fourth-order valence-electron chi connectivity index (χ4n) is 2.66.